The third kappa shape index (κ3) is 3.33. The van der Waals surface area contributed by atoms with E-state index in [2.05, 4.69) is 158 Å². The normalized spacial score (nSPS) is 12.3. The van der Waals surface area contributed by atoms with Gasteiger partial charge < -0.3 is 0 Å². The van der Waals surface area contributed by atoms with Crippen LogP contribution in [0.25, 0.3) is 108 Å². The molecule has 210 valence electrons. The summed E-state index contributed by atoms with van der Waals surface area (Å²) in [4.78, 5) is 0. The number of hydrogen-bond acceptors (Lipinski definition) is 0. The maximum atomic E-state index is 2.36. The second-order valence-corrected chi connectivity index (χ2v) is 13.0. The minimum Gasteiger partial charge on any atom is -0.0610 e. The molecule has 11 aromatic carbocycles. The molecule has 0 fully saturated rings. The van der Waals surface area contributed by atoms with Gasteiger partial charge in [-0.25, -0.2) is 0 Å². The second-order valence-electron chi connectivity index (χ2n) is 13.0. The smallest absolute Gasteiger partial charge is 0.00264 e. The Morgan fingerprint density at radius 1 is 0.196 bits per heavy atom. The number of hydrogen-bond donors (Lipinski definition) is 0. The summed E-state index contributed by atoms with van der Waals surface area (Å²) in [5, 5.41) is 21.0. The van der Waals surface area contributed by atoms with E-state index >= 15 is 0 Å². The van der Waals surface area contributed by atoms with Gasteiger partial charge in [0, 0.05) is 0 Å². The molecule has 0 saturated carbocycles. The SMILES string of the molecule is c1cc2ccc3cc(-c4ccc5c(ccc6cc(-c7cc8ccc9cccc%10ccc(c7)c8c9%10)ccc65)c4)cc4ccc(c1)c2c34. The Balaban J connectivity index is 1.02. The molecule has 0 bridgehead atoms. The summed E-state index contributed by atoms with van der Waals surface area (Å²) in [6, 6.07) is 59.3. The van der Waals surface area contributed by atoms with Gasteiger partial charge in [0.1, 0.15) is 0 Å². The molecule has 0 atom stereocenters. The van der Waals surface area contributed by atoms with E-state index in [-0.39, 0.29) is 0 Å². The molecule has 0 amide bonds. The number of rotatable bonds is 2. The van der Waals surface area contributed by atoms with Gasteiger partial charge in [-0.2, -0.15) is 0 Å². The van der Waals surface area contributed by atoms with Crippen LogP contribution < -0.4 is 0 Å². The Kier molecular flexibility index (Phi) is 4.66. The predicted octanol–water partition coefficient (Wildman–Crippen LogP) is 13.1. The fourth-order valence-corrected chi connectivity index (χ4v) is 8.27. The Bertz CT molecular complexity index is 2680. The summed E-state index contributed by atoms with van der Waals surface area (Å²) in [7, 11) is 0. The van der Waals surface area contributed by atoms with Crippen LogP contribution in [0.4, 0.5) is 0 Å². The van der Waals surface area contributed by atoms with Crippen molar-refractivity contribution >= 4 is 86.2 Å². The minimum absolute atomic E-state index is 1.25. The van der Waals surface area contributed by atoms with Crippen LogP contribution in [-0.2, 0) is 0 Å². The number of fused-ring (bicyclic) bond motifs is 3. The zero-order valence-corrected chi connectivity index (χ0v) is 25.0. The summed E-state index contributed by atoms with van der Waals surface area (Å²) in [6.07, 6.45) is 0. The van der Waals surface area contributed by atoms with E-state index in [1.807, 2.05) is 0 Å². The fraction of sp³-hybridized carbons (Fsp3) is 0. The van der Waals surface area contributed by atoms with E-state index in [0.29, 0.717) is 0 Å². The molecule has 0 radical (unpaired) electrons. The molecular formula is C46H26. The third-order valence-corrected chi connectivity index (χ3v) is 10.4. The third-order valence-electron chi connectivity index (χ3n) is 10.4. The van der Waals surface area contributed by atoms with Crippen LogP contribution in [0.2, 0.25) is 0 Å². The van der Waals surface area contributed by atoms with Crippen molar-refractivity contribution in [1.82, 2.24) is 0 Å². The van der Waals surface area contributed by atoms with Crippen LogP contribution in [0.5, 0.6) is 0 Å². The molecule has 46 heavy (non-hydrogen) atoms. The summed E-state index contributed by atoms with van der Waals surface area (Å²) >= 11 is 0. The van der Waals surface area contributed by atoms with Gasteiger partial charge in [-0.3, -0.25) is 0 Å². The van der Waals surface area contributed by atoms with E-state index < -0.39 is 0 Å². The highest BCUT2D eigenvalue weighted by atomic mass is 14.2. The van der Waals surface area contributed by atoms with Gasteiger partial charge >= 0.3 is 0 Å². The van der Waals surface area contributed by atoms with Gasteiger partial charge in [0.05, 0.1) is 0 Å². The van der Waals surface area contributed by atoms with Crippen LogP contribution >= 0.6 is 0 Å². The van der Waals surface area contributed by atoms with E-state index in [1.165, 1.54) is 108 Å². The molecule has 0 saturated heterocycles. The zero-order valence-electron chi connectivity index (χ0n) is 25.0. The van der Waals surface area contributed by atoms with Crippen molar-refractivity contribution in [1.29, 1.82) is 0 Å². The monoisotopic (exact) mass is 578 g/mol. The second kappa shape index (κ2) is 8.81. The molecule has 0 aromatic heterocycles. The summed E-state index contributed by atoms with van der Waals surface area (Å²) < 4.78 is 0. The van der Waals surface area contributed by atoms with Gasteiger partial charge in [0.15, 0.2) is 0 Å². The van der Waals surface area contributed by atoms with E-state index in [9.17, 15) is 0 Å². The Morgan fingerprint density at radius 3 is 0.848 bits per heavy atom. The average Bonchev–Trinajstić information content (AvgIpc) is 3.12. The summed E-state index contributed by atoms with van der Waals surface area (Å²) in [5.41, 5.74) is 5.03. The van der Waals surface area contributed by atoms with Gasteiger partial charge in [-0.05, 0) is 145 Å². The summed E-state index contributed by atoms with van der Waals surface area (Å²) in [5.74, 6) is 0. The fourth-order valence-electron chi connectivity index (χ4n) is 8.27. The molecule has 0 nitrogen and oxygen atoms in total. The van der Waals surface area contributed by atoms with Gasteiger partial charge in [-0.1, -0.05) is 121 Å². The molecular weight excluding hydrogens is 553 g/mol. The average molecular weight is 579 g/mol. The minimum atomic E-state index is 1.25. The quantitative estimate of drug-likeness (QED) is 0.179. The van der Waals surface area contributed by atoms with Crippen LogP contribution in [0.1, 0.15) is 0 Å². The lowest BCUT2D eigenvalue weighted by molar-refractivity contribution is 1.69. The molecule has 0 aliphatic heterocycles. The maximum Gasteiger partial charge on any atom is -0.00264 e. The van der Waals surface area contributed by atoms with Gasteiger partial charge in [-0.15, -0.1) is 0 Å². The highest BCUT2D eigenvalue weighted by Gasteiger charge is 2.13. The van der Waals surface area contributed by atoms with Crippen LogP contribution in [0.3, 0.4) is 0 Å². The number of benzene rings is 11. The largest absolute Gasteiger partial charge is 0.0610 e. The van der Waals surface area contributed by atoms with E-state index in [1.54, 1.807) is 0 Å². The Morgan fingerprint density at radius 2 is 0.478 bits per heavy atom. The van der Waals surface area contributed by atoms with Crippen molar-refractivity contribution in [2.24, 2.45) is 0 Å². The first kappa shape index (κ1) is 24.4. The summed E-state index contributed by atoms with van der Waals surface area (Å²) in [6.45, 7) is 0. The molecule has 0 spiro atoms. The van der Waals surface area contributed by atoms with Gasteiger partial charge in [0.2, 0.25) is 0 Å². The Hall–Kier alpha value is -5.98. The van der Waals surface area contributed by atoms with Crippen LogP contribution in [-0.4, -0.2) is 0 Å². The van der Waals surface area contributed by atoms with Crippen molar-refractivity contribution in [3.8, 4) is 22.3 Å². The first-order valence-corrected chi connectivity index (χ1v) is 16.1. The van der Waals surface area contributed by atoms with Crippen molar-refractivity contribution < 1.29 is 0 Å². The lowest BCUT2D eigenvalue weighted by atomic mass is 9.90. The first-order valence-electron chi connectivity index (χ1n) is 16.1. The topological polar surface area (TPSA) is 0 Å². The van der Waals surface area contributed by atoms with Crippen molar-refractivity contribution in [2.75, 3.05) is 0 Å². The predicted molar refractivity (Wildman–Crippen MR) is 200 cm³/mol. The molecule has 0 N–H and O–H groups in total. The Labute approximate surface area is 265 Å². The van der Waals surface area contributed by atoms with Crippen molar-refractivity contribution in [2.45, 2.75) is 0 Å². The molecule has 11 aromatic rings. The molecule has 0 heteroatoms. The lowest BCUT2D eigenvalue weighted by Crippen LogP contribution is -1.87. The van der Waals surface area contributed by atoms with E-state index in [0.717, 1.165) is 0 Å². The van der Waals surface area contributed by atoms with Crippen molar-refractivity contribution in [3.05, 3.63) is 158 Å². The first-order chi connectivity index (χ1) is 22.7. The maximum absolute atomic E-state index is 2.36. The van der Waals surface area contributed by atoms with Gasteiger partial charge in [0.25, 0.3) is 0 Å². The molecule has 11 rings (SSSR count). The highest BCUT2D eigenvalue weighted by Crippen LogP contribution is 2.40. The highest BCUT2D eigenvalue weighted by molar-refractivity contribution is 6.25. The van der Waals surface area contributed by atoms with Crippen LogP contribution in [0, 0.1) is 0 Å². The molecule has 0 heterocycles. The molecule has 0 unspecified atom stereocenters. The van der Waals surface area contributed by atoms with Crippen LogP contribution in [0.15, 0.2) is 158 Å². The van der Waals surface area contributed by atoms with E-state index in [4.69, 9.17) is 0 Å². The molecule has 0 aliphatic rings. The standard InChI is InChI=1S/C46H26/c1-3-27-7-13-35-23-39(24-36-14-8-28(4-1)43(27)45(35)36)31-17-19-41-33(21-31)11-12-34-22-32(18-20-42(34)41)40-25-37-15-9-29-5-2-6-30-10-16-38(26-40)46(37)44(29)30/h1-26H. The lowest BCUT2D eigenvalue weighted by Gasteiger charge is -2.14. The van der Waals surface area contributed by atoms with Crippen molar-refractivity contribution in [3.63, 3.8) is 0 Å². The zero-order chi connectivity index (χ0) is 29.9. The molecule has 0 aliphatic carbocycles.